The van der Waals surface area contributed by atoms with Crippen LogP contribution in [0.3, 0.4) is 0 Å². The standard InChI is InChI=1S/C10H16N4/c11-6-5-9-10(7-1-2-7)14(13-12-9)8-3-4-8/h7-8H,1-6,11H2. The van der Waals surface area contributed by atoms with Crippen molar-refractivity contribution in [2.24, 2.45) is 5.73 Å². The molecule has 2 aliphatic carbocycles. The lowest BCUT2D eigenvalue weighted by atomic mass is 10.2. The van der Waals surface area contributed by atoms with Crippen LogP contribution in [0.1, 0.15) is 49.0 Å². The number of hydrogen-bond acceptors (Lipinski definition) is 3. The Morgan fingerprint density at radius 2 is 2.07 bits per heavy atom. The Hall–Kier alpha value is -0.900. The fourth-order valence-electron chi connectivity index (χ4n) is 2.02. The predicted octanol–water partition coefficient (Wildman–Crippen LogP) is 0.992. The summed E-state index contributed by atoms with van der Waals surface area (Å²) in [6.07, 6.45) is 6.09. The normalized spacial score (nSPS) is 21.5. The van der Waals surface area contributed by atoms with Crippen LogP contribution in [0.4, 0.5) is 0 Å². The molecule has 2 fully saturated rings. The lowest BCUT2D eigenvalue weighted by Gasteiger charge is -2.04. The van der Waals surface area contributed by atoms with E-state index in [9.17, 15) is 0 Å². The van der Waals surface area contributed by atoms with Crippen molar-refractivity contribution in [3.8, 4) is 0 Å². The van der Waals surface area contributed by atoms with Crippen molar-refractivity contribution in [3.63, 3.8) is 0 Å². The van der Waals surface area contributed by atoms with Crippen LogP contribution in [0, 0.1) is 0 Å². The molecule has 4 nitrogen and oxygen atoms in total. The number of hydrogen-bond donors (Lipinski definition) is 1. The van der Waals surface area contributed by atoms with E-state index < -0.39 is 0 Å². The molecule has 3 rings (SSSR count). The van der Waals surface area contributed by atoms with Crippen LogP contribution >= 0.6 is 0 Å². The van der Waals surface area contributed by atoms with E-state index in [0.717, 1.165) is 18.0 Å². The van der Waals surface area contributed by atoms with E-state index in [4.69, 9.17) is 5.73 Å². The van der Waals surface area contributed by atoms with Crippen LogP contribution in [-0.2, 0) is 6.42 Å². The van der Waals surface area contributed by atoms with Crippen molar-refractivity contribution in [2.45, 2.75) is 44.1 Å². The van der Waals surface area contributed by atoms with Gasteiger partial charge in [0, 0.05) is 12.3 Å². The van der Waals surface area contributed by atoms with Crippen LogP contribution in [0.2, 0.25) is 0 Å². The molecule has 14 heavy (non-hydrogen) atoms. The van der Waals surface area contributed by atoms with Crippen LogP contribution in [0.25, 0.3) is 0 Å². The van der Waals surface area contributed by atoms with Crippen molar-refractivity contribution >= 4 is 0 Å². The highest BCUT2D eigenvalue weighted by molar-refractivity contribution is 5.22. The van der Waals surface area contributed by atoms with Crippen molar-refractivity contribution in [2.75, 3.05) is 6.54 Å². The lowest BCUT2D eigenvalue weighted by molar-refractivity contribution is 0.583. The van der Waals surface area contributed by atoms with Crippen molar-refractivity contribution in [1.82, 2.24) is 15.0 Å². The minimum Gasteiger partial charge on any atom is -0.330 e. The smallest absolute Gasteiger partial charge is 0.0874 e. The topological polar surface area (TPSA) is 56.7 Å². The van der Waals surface area contributed by atoms with Crippen LogP contribution in [0.15, 0.2) is 0 Å². The Labute approximate surface area is 83.5 Å². The number of aromatic nitrogens is 3. The first-order chi connectivity index (χ1) is 6.90. The molecule has 1 aromatic rings. The fourth-order valence-corrected chi connectivity index (χ4v) is 2.02. The molecule has 2 aliphatic rings. The Balaban J connectivity index is 1.94. The van der Waals surface area contributed by atoms with Gasteiger partial charge in [-0.15, -0.1) is 5.10 Å². The van der Waals surface area contributed by atoms with E-state index in [1.807, 2.05) is 0 Å². The quantitative estimate of drug-likeness (QED) is 0.774. The van der Waals surface area contributed by atoms with Gasteiger partial charge in [0.2, 0.25) is 0 Å². The molecule has 0 unspecified atom stereocenters. The molecule has 0 aromatic carbocycles. The second kappa shape index (κ2) is 3.05. The lowest BCUT2D eigenvalue weighted by Crippen LogP contribution is -2.07. The van der Waals surface area contributed by atoms with Gasteiger partial charge in [-0.2, -0.15) is 0 Å². The van der Waals surface area contributed by atoms with Gasteiger partial charge < -0.3 is 5.73 Å². The van der Waals surface area contributed by atoms with Gasteiger partial charge in [0.15, 0.2) is 0 Å². The minimum atomic E-state index is 0.657. The summed E-state index contributed by atoms with van der Waals surface area (Å²) in [6, 6.07) is 0.657. The molecule has 0 spiro atoms. The van der Waals surface area contributed by atoms with Gasteiger partial charge in [-0.25, -0.2) is 4.68 Å². The van der Waals surface area contributed by atoms with E-state index in [-0.39, 0.29) is 0 Å². The zero-order valence-electron chi connectivity index (χ0n) is 8.32. The number of nitrogens with two attached hydrogens (primary N) is 1. The predicted molar refractivity (Wildman–Crippen MR) is 53.0 cm³/mol. The number of rotatable bonds is 4. The van der Waals surface area contributed by atoms with E-state index in [1.165, 1.54) is 31.4 Å². The minimum absolute atomic E-state index is 0.657. The molecular weight excluding hydrogens is 176 g/mol. The fraction of sp³-hybridized carbons (Fsp3) is 0.800. The van der Waals surface area contributed by atoms with Gasteiger partial charge in [0.25, 0.3) is 0 Å². The molecule has 2 N–H and O–H groups in total. The van der Waals surface area contributed by atoms with E-state index in [2.05, 4.69) is 15.0 Å². The Morgan fingerprint density at radius 1 is 1.29 bits per heavy atom. The summed E-state index contributed by atoms with van der Waals surface area (Å²) in [5, 5.41) is 8.53. The van der Waals surface area contributed by atoms with Gasteiger partial charge in [-0.3, -0.25) is 0 Å². The Kier molecular flexibility index (Phi) is 1.83. The highest BCUT2D eigenvalue weighted by Gasteiger charge is 2.36. The van der Waals surface area contributed by atoms with Gasteiger partial charge in [0.1, 0.15) is 0 Å². The first-order valence-corrected chi connectivity index (χ1v) is 5.54. The zero-order chi connectivity index (χ0) is 9.54. The highest BCUT2D eigenvalue weighted by atomic mass is 15.5. The average molecular weight is 192 g/mol. The molecule has 0 aliphatic heterocycles. The molecule has 4 heteroatoms. The Bertz CT molecular complexity index is 336. The first kappa shape index (κ1) is 8.41. The zero-order valence-corrected chi connectivity index (χ0v) is 8.32. The van der Waals surface area contributed by atoms with Gasteiger partial charge in [-0.1, -0.05) is 5.21 Å². The summed E-state index contributed by atoms with van der Waals surface area (Å²) >= 11 is 0. The first-order valence-electron chi connectivity index (χ1n) is 5.54. The van der Waals surface area contributed by atoms with E-state index >= 15 is 0 Å². The highest BCUT2D eigenvalue weighted by Crippen LogP contribution is 2.45. The van der Waals surface area contributed by atoms with Gasteiger partial charge >= 0.3 is 0 Å². The third kappa shape index (κ3) is 1.34. The third-order valence-corrected chi connectivity index (χ3v) is 3.04. The molecule has 0 bridgehead atoms. The molecule has 76 valence electrons. The van der Waals surface area contributed by atoms with Gasteiger partial charge in [0.05, 0.1) is 17.4 Å². The largest absolute Gasteiger partial charge is 0.330 e. The molecule has 2 saturated carbocycles. The SMILES string of the molecule is NCCc1nnn(C2CC2)c1C1CC1. The number of nitrogens with zero attached hydrogens (tertiary/aromatic N) is 3. The second-order valence-corrected chi connectivity index (χ2v) is 4.41. The molecule has 1 aromatic heterocycles. The van der Waals surface area contributed by atoms with E-state index in [1.54, 1.807) is 0 Å². The summed E-state index contributed by atoms with van der Waals surface area (Å²) in [4.78, 5) is 0. The maximum Gasteiger partial charge on any atom is 0.0874 e. The molecule has 0 saturated heterocycles. The monoisotopic (exact) mass is 192 g/mol. The third-order valence-electron chi connectivity index (χ3n) is 3.04. The molecule has 0 amide bonds. The van der Waals surface area contributed by atoms with Crippen LogP contribution in [0.5, 0.6) is 0 Å². The maximum absolute atomic E-state index is 5.57. The molecule has 1 heterocycles. The summed E-state index contributed by atoms with van der Waals surface area (Å²) in [7, 11) is 0. The van der Waals surface area contributed by atoms with Crippen LogP contribution in [-0.4, -0.2) is 21.5 Å². The summed E-state index contributed by atoms with van der Waals surface area (Å²) in [6.45, 7) is 0.684. The molecule has 0 atom stereocenters. The van der Waals surface area contributed by atoms with Crippen molar-refractivity contribution in [3.05, 3.63) is 11.4 Å². The Morgan fingerprint density at radius 3 is 2.64 bits per heavy atom. The summed E-state index contributed by atoms with van der Waals surface area (Å²) in [5.74, 6) is 0.743. The molecular formula is C10H16N4. The summed E-state index contributed by atoms with van der Waals surface area (Å²) < 4.78 is 2.17. The second-order valence-electron chi connectivity index (χ2n) is 4.41. The van der Waals surface area contributed by atoms with Crippen LogP contribution < -0.4 is 5.73 Å². The van der Waals surface area contributed by atoms with Crippen molar-refractivity contribution < 1.29 is 0 Å². The van der Waals surface area contributed by atoms with Gasteiger partial charge in [-0.05, 0) is 32.2 Å². The van der Waals surface area contributed by atoms with Crippen molar-refractivity contribution in [1.29, 1.82) is 0 Å². The summed E-state index contributed by atoms with van der Waals surface area (Å²) in [5.41, 5.74) is 8.13. The maximum atomic E-state index is 5.57. The van der Waals surface area contributed by atoms with E-state index in [0.29, 0.717) is 12.6 Å². The molecule has 0 radical (unpaired) electrons. The average Bonchev–Trinajstić information content (AvgIpc) is 3.07.